The number of carboxylic acid groups (broad SMARTS) is 1. The Balaban J connectivity index is 2.07. The molecule has 0 saturated carbocycles. The van der Waals surface area contributed by atoms with E-state index in [2.05, 4.69) is 10.3 Å². The van der Waals surface area contributed by atoms with E-state index in [0.29, 0.717) is 16.4 Å². The Morgan fingerprint density at radius 3 is 2.81 bits per heavy atom. The lowest BCUT2D eigenvalue weighted by molar-refractivity contribution is -0.115. The Morgan fingerprint density at radius 2 is 2.19 bits per heavy atom. The molecule has 0 atom stereocenters. The van der Waals surface area contributed by atoms with Crippen molar-refractivity contribution in [3.8, 4) is 5.75 Å². The van der Waals surface area contributed by atoms with Gasteiger partial charge in [0.25, 0.3) is 0 Å². The predicted octanol–water partition coefficient (Wildman–Crippen LogP) is 2.34. The average molecular weight is 306 g/mol. The van der Waals surface area contributed by atoms with E-state index in [-0.39, 0.29) is 18.0 Å². The van der Waals surface area contributed by atoms with Crippen molar-refractivity contribution in [2.45, 2.75) is 13.3 Å². The monoisotopic (exact) mass is 306 g/mol. The third kappa shape index (κ3) is 3.79. The molecule has 0 spiro atoms. The van der Waals surface area contributed by atoms with Gasteiger partial charge in [-0.05, 0) is 24.6 Å². The number of anilines is 1. The number of hydrogen-bond acceptors (Lipinski definition) is 5. The van der Waals surface area contributed by atoms with Gasteiger partial charge in [-0.25, -0.2) is 9.78 Å². The van der Waals surface area contributed by atoms with E-state index in [1.165, 1.54) is 12.5 Å². The minimum absolute atomic E-state index is 0.0229. The fourth-order valence-corrected chi connectivity index (χ4v) is 2.51. The fraction of sp³-hybridized carbons (Fsp3) is 0.214. The Hall–Kier alpha value is -2.41. The van der Waals surface area contributed by atoms with E-state index in [9.17, 15) is 9.59 Å². The van der Waals surface area contributed by atoms with Crippen molar-refractivity contribution in [3.63, 3.8) is 0 Å². The van der Waals surface area contributed by atoms with E-state index in [0.717, 1.165) is 16.9 Å². The first-order valence-electron chi connectivity index (χ1n) is 6.12. The summed E-state index contributed by atoms with van der Waals surface area (Å²) in [5.74, 6) is -0.803. The van der Waals surface area contributed by atoms with E-state index >= 15 is 0 Å². The van der Waals surface area contributed by atoms with E-state index < -0.39 is 5.97 Å². The highest BCUT2D eigenvalue weighted by Gasteiger charge is 2.13. The number of ether oxygens (including phenoxy) is 1. The number of methoxy groups -OCH3 is 1. The number of aromatic carboxylic acids is 1. The molecule has 0 aliphatic heterocycles. The van der Waals surface area contributed by atoms with E-state index in [1.54, 1.807) is 12.1 Å². The summed E-state index contributed by atoms with van der Waals surface area (Å²) in [5.41, 5.74) is 1.53. The molecule has 2 rings (SSSR count). The molecule has 1 aromatic carbocycles. The topological polar surface area (TPSA) is 88.5 Å². The van der Waals surface area contributed by atoms with Crippen LogP contribution in [0.5, 0.6) is 5.75 Å². The molecule has 1 aromatic heterocycles. The Morgan fingerprint density at radius 1 is 1.43 bits per heavy atom. The number of hydrogen-bond donors (Lipinski definition) is 2. The number of benzene rings is 1. The van der Waals surface area contributed by atoms with Gasteiger partial charge in [0, 0.05) is 5.38 Å². The molecule has 2 aromatic rings. The maximum Gasteiger partial charge on any atom is 0.355 e. The minimum Gasteiger partial charge on any atom is -0.495 e. The van der Waals surface area contributed by atoms with Gasteiger partial charge in [-0.2, -0.15) is 0 Å². The van der Waals surface area contributed by atoms with Crippen LogP contribution in [0, 0.1) is 6.92 Å². The Labute approximate surface area is 125 Å². The van der Waals surface area contributed by atoms with E-state index in [1.807, 2.05) is 13.0 Å². The summed E-state index contributed by atoms with van der Waals surface area (Å²) >= 11 is 1.15. The summed E-state index contributed by atoms with van der Waals surface area (Å²) in [7, 11) is 1.53. The number of carbonyl (C=O) groups excluding carboxylic acids is 1. The molecule has 1 heterocycles. The first-order valence-corrected chi connectivity index (χ1v) is 6.99. The van der Waals surface area contributed by atoms with Crippen LogP contribution in [0.1, 0.15) is 21.1 Å². The number of carbonyl (C=O) groups is 2. The highest BCUT2D eigenvalue weighted by Crippen LogP contribution is 2.25. The van der Waals surface area contributed by atoms with Gasteiger partial charge in [0.15, 0.2) is 5.69 Å². The number of carboxylic acids is 1. The maximum atomic E-state index is 12.0. The molecule has 0 unspecified atom stereocenters. The second kappa shape index (κ2) is 6.36. The van der Waals surface area contributed by atoms with Gasteiger partial charge in [-0.3, -0.25) is 4.79 Å². The molecule has 0 aliphatic carbocycles. The van der Waals surface area contributed by atoms with Crippen molar-refractivity contribution in [1.29, 1.82) is 0 Å². The number of aryl methyl sites for hydroxylation is 1. The normalized spacial score (nSPS) is 10.2. The summed E-state index contributed by atoms with van der Waals surface area (Å²) in [6, 6.07) is 5.46. The van der Waals surface area contributed by atoms with Crippen molar-refractivity contribution < 1.29 is 19.4 Å². The van der Waals surface area contributed by atoms with Crippen molar-refractivity contribution in [2.24, 2.45) is 0 Å². The number of nitrogens with zero attached hydrogens (tertiary/aromatic N) is 1. The van der Waals surface area contributed by atoms with Crippen LogP contribution >= 0.6 is 11.3 Å². The van der Waals surface area contributed by atoms with Crippen LogP contribution in [0.25, 0.3) is 0 Å². The molecular weight excluding hydrogens is 292 g/mol. The first-order chi connectivity index (χ1) is 9.99. The van der Waals surface area contributed by atoms with Crippen LogP contribution in [-0.4, -0.2) is 29.1 Å². The van der Waals surface area contributed by atoms with Crippen LogP contribution in [0.15, 0.2) is 23.6 Å². The van der Waals surface area contributed by atoms with Crippen molar-refractivity contribution in [1.82, 2.24) is 4.98 Å². The molecule has 2 N–H and O–H groups in total. The zero-order valence-electron chi connectivity index (χ0n) is 11.5. The molecule has 0 fully saturated rings. The van der Waals surface area contributed by atoms with Crippen LogP contribution < -0.4 is 10.1 Å². The first kappa shape index (κ1) is 15.0. The van der Waals surface area contributed by atoms with Gasteiger partial charge in [-0.1, -0.05) is 6.07 Å². The van der Waals surface area contributed by atoms with Crippen LogP contribution in [0.2, 0.25) is 0 Å². The van der Waals surface area contributed by atoms with Crippen molar-refractivity contribution in [2.75, 3.05) is 12.4 Å². The number of nitrogens with one attached hydrogen (secondary N) is 1. The third-order valence-electron chi connectivity index (χ3n) is 2.71. The standard InChI is InChI=1S/C14H14N2O4S/c1-8-3-4-11(20-2)9(5-8)15-12(17)6-13-16-10(7-21-13)14(18)19/h3-5,7H,6H2,1-2H3,(H,15,17)(H,18,19). The smallest absolute Gasteiger partial charge is 0.355 e. The van der Waals surface area contributed by atoms with Crippen LogP contribution in [-0.2, 0) is 11.2 Å². The molecule has 1 amide bonds. The predicted molar refractivity (Wildman–Crippen MR) is 79.1 cm³/mol. The highest BCUT2D eigenvalue weighted by molar-refractivity contribution is 7.09. The SMILES string of the molecule is COc1ccc(C)cc1NC(=O)Cc1nc(C(=O)O)cs1. The number of amides is 1. The zero-order valence-corrected chi connectivity index (χ0v) is 12.4. The summed E-state index contributed by atoms with van der Waals surface area (Å²) in [5, 5.41) is 13.4. The number of rotatable bonds is 5. The quantitative estimate of drug-likeness (QED) is 0.885. The molecular formula is C14H14N2O4S. The van der Waals surface area contributed by atoms with Crippen LogP contribution in [0.4, 0.5) is 5.69 Å². The summed E-state index contributed by atoms with van der Waals surface area (Å²) in [6.07, 6.45) is 0.0229. The fourth-order valence-electron chi connectivity index (χ4n) is 1.74. The lowest BCUT2D eigenvalue weighted by Crippen LogP contribution is -2.15. The van der Waals surface area contributed by atoms with Crippen LogP contribution in [0.3, 0.4) is 0 Å². The van der Waals surface area contributed by atoms with Gasteiger partial charge < -0.3 is 15.2 Å². The third-order valence-corrected chi connectivity index (χ3v) is 3.56. The second-order valence-corrected chi connectivity index (χ2v) is 5.30. The number of aromatic nitrogens is 1. The van der Waals surface area contributed by atoms with Gasteiger partial charge >= 0.3 is 5.97 Å². The van der Waals surface area contributed by atoms with E-state index in [4.69, 9.17) is 9.84 Å². The Bertz CT molecular complexity index is 681. The molecule has 0 aliphatic rings. The lowest BCUT2D eigenvalue weighted by atomic mass is 10.2. The molecule has 110 valence electrons. The second-order valence-electron chi connectivity index (χ2n) is 4.36. The molecule has 0 saturated heterocycles. The zero-order chi connectivity index (χ0) is 15.4. The largest absolute Gasteiger partial charge is 0.495 e. The van der Waals surface area contributed by atoms with Gasteiger partial charge in [0.1, 0.15) is 10.8 Å². The maximum absolute atomic E-state index is 12.0. The van der Waals surface area contributed by atoms with Crippen molar-refractivity contribution >= 4 is 28.9 Å². The molecule has 21 heavy (non-hydrogen) atoms. The molecule has 0 radical (unpaired) electrons. The minimum atomic E-state index is -1.10. The Kier molecular flexibility index (Phi) is 4.54. The van der Waals surface area contributed by atoms with Crippen molar-refractivity contribution in [3.05, 3.63) is 39.8 Å². The van der Waals surface area contributed by atoms with Gasteiger partial charge in [-0.15, -0.1) is 11.3 Å². The average Bonchev–Trinajstić information content (AvgIpc) is 2.87. The summed E-state index contributed by atoms with van der Waals surface area (Å²) in [6.45, 7) is 1.91. The highest BCUT2D eigenvalue weighted by atomic mass is 32.1. The number of thiazole rings is 1. The summed E-state index contributed by atoms with van der Waals surface area (Å²) in [4.78, 5) is 26.6. The molecule has 0 bridgehead atoms. The molecule has 6 nitrogen and oxygen atoms in total. The lowest BCUT2D eigenvalue weighted by Gasteiger charge is -2.10. The van der Waals surface area contributed by atoms with Gasteiger partial charge in [0.05, 0.1) is 19.2 Å². The summed E-state index contributed by atoms with van der Waals surface area (Å²) < 4.78 is 5.18. The molecule has 7 heteroatoms. The van der Waals surface area contributed by atoms with Gasteiger partial charge in [0.2, 0.25) is 5.91 Å².